The van der Waals surface area contributed by atoms with E-state index in [1.54, 1.807) is 0 Å². The lowest BCUT2D eigenvalue weighted by Gasteiger charge is -2.30. The van der Waals surface area contributed by atoms with Gasteiger partial charge in [0.25, 0.3) is 5.91 Å². The number of aliphatic hydroxyl groups excluding tert-OH is 1. The minimum absolute atomic E-state index is 0.0115. The Morgan fingerprint density at radius 2 is 2.33 bits per heavy atom. The highest BCUT2D eigenvalue weighted by molar-refractivity contribution is 5.99. The summed E-state index contributed by atoms with van der Waals surface area (Å²) >= 11 is 0. The van der Waals surface area contributed by atoms with Gasteiger partial charge in [-0.2, -0.15) is 0 Å². The van der Waals surface area contributed by atoms with Crippen LogP contribution in [0, 0.1) is 5.82 Å². The SMILES string of the molecule is NNc1c(F)cccc1C(=O)N1CCCC(O)C1. The number of hydrogen-bond donors (Lipinski definition) is 3. The second-order valence-electron chi connectivity index (χ2n) is 4.35. The molecule has 0 radical (unpaired) electrons. The first-order valence-corrected chi connectivity index (χ1v) is 5.86. The van der Waals surface area contributed by atoms with E-state index in [4.69, 9.17) is 5.84 Å². The zero-order valence-electron chi connectivity index (χ0n) is 9.90. The van der Waals surface area contributed by atoms with E-state index < -0.39 is 11.9 Å². The van der Waals surface area contributed by atoms with Gasteiger partial charge in [0.05, 0.1) is 17.4 Å². The van der Waals surface area contributed by atoms with E-state index in [-0.39, 0.29) is 23.7 Å². The molecule has 6 heteroatoms. The van der Waals surface area contributed by atoms with Crippen molar-refractivity contribution < 1.29 is 14.3 Å². The van der Waals surface area contributed by atoms with Crippen LogP contribution in [-0.2, 0) is 0 Å². The number of carbonyl (C=O) groups is 1. The molecule has 0 aliphatic carbocycles. The molecule has 1 saturated heterocycles. The van der Waals surface area contributed by atoms with E-state index in [2.05, 4.69) is 5.43 Å². The number of hydrazine groups is 1. The molecule has 1 aromatic rings. The first-order chi connectivity index (χ1) is 8.63. The van der Waals surface area contributed by atoms with Gasteiger partial charge in [0.1, 0.15) is 5.82 Å². The van der Waals surface area contributed by atoms with Crippen LogP contribution in [0.25, 0.3) is 0 Å². The maximum absolute atomic E-state index is 13.5. The topological polar surface area (TPSA) is 78.6 Å². The summed E-state index contributed by atoms with van der Waals surface area (Å²) in [4.78, 5) is 13.7. The Morgan fingerprint density at radius 1 is 1.56 bits per heavy atom. The van der Waals surface area contributed by atoms with Crippen LogP contribution in [0.2, 0.25) is 0 Å². The van der Waals surface area contributed by atoms with Gasteiger partial charge >= 0.3 is 0 Å². The number of amides is 1. The van der Waals surface area contributed by atoms with Gasteiger partial charge in [-0.1, -0.05) is 6.07 Å². The van der Waals surface area contributed by atoms with E-state index in [9.17, 15) is 14.3 Å². The maximum Gasteiger partial charge on any atom is 0.256 e. The smallest absolute Gasteiger partial charge is 0.256 e. The van der Waals surface area contributed by atoms with Gasteiger partial charge in [-0.05, 0) is 25.0 Å². The third-order valence-electron chi connectivity index (χ3n) is 3.07. The number of likely N-dealkylation sites (tertiary alicyclic amines) is 1. The number of rotatable bonds is 2. The molecule has 0 aromatic heterocycles. The lowest BCUT2D eigenvalue weighted by molar-refractivity contribution is 0.0474. The number of nitrogen functional groups attached to an aromatic ring is 1. The van der Waals surface area contributed by atoms with Crippen molar-refractivity contribution in [2.24, 2.45) is 5.84 Å². The minimum Gasteiger partial charge on any atom is -0.391 e. The molecular weight excluding hydrogens is 237 g/mol. The molecule has 98 valence electrons. The van der Waals surface area contributed by atoms with Gasteiger partial charge in [0, 0.05) is 13.1 Å². The van der Waals surface area contributed by atoms with Crippen molar-refractivity contribution in [3.63, 3.8) is 0 Å². The molecule has 1 fully saturated rings. The van der Waals surface area contributed by atoms with Crippen LogP contribution in [0.5, 0.6) is 0 Å². The maximum atomic E-state index is 13.5. The minimum atomic E-state index is -0.569. The Balaban J connectivity index is 2.25. The lowest BCUT2D eigenvalue weighted by Crippen LogP contribution is -2.42. The Hall–Kier alpha value is -1.66. The third-order valence-corrected chi connectivity index (χ3v) is 3.07. The summed E-state index contributed by atoms with van der Waals surface area (Å²) in [6.07, 6.45) is 0.924. The van der Waals surface area contributed by atoms with E-state index >= 15 is 0 Å². The first-order valence-electron chi connectivity index (χ1n) is 5.86. The second-order valence-corrected chi connectivity index (χ2v) is 4.35. The number of benzene rings is 1. The Morgan fingerprint density at radius 3 is 3.00 bits per heavy atom. The predicted octanol–water partition coefficient (Wildman–Crippen LogP) is 0.708. The van der Waals surface area contributed by atoms with Gasteiger partial charge in [-0.3, -0.25) is 10.6 Å². The number of halogens is 1. The molecule has 1 atom stereocenters. The number of aliphatic hydroxyl groups is 1. The number of anilines is 1. The summed E-state index contributed by atoms with van der Waals surface area (Å²) in [5, 5.41) is 9.55. The number of carbonyl (C=O) groups excluding carboxylic acids is 1. The van der Waals surface area contributed by atoms with E-state index in [1.165, 1.54) is 23.1 Å². The summed E-state index contributed by atoms with van der Waals surface area (Å²) in [6, 6.07) is 4.21. The number of nitrogens with one attached hydrogen (secondary N) is 1. The van der Waals surface area contributed by atoms with Crippen molar-refractivity contribution in [2.75, 3.05) is 18.5 Å². The van der Waals surface area contributed by atoms with Crippen molar-refractivity contribution in [1.29, 1.82) is 0 Å². The van der Waals surface area contributed by atoms with E-state index in [0.717, 1.165) is 6.42 Å². The molecule has 1 aromatic carbocycles. The molecular formula is C12H16FN3O2. The summed E-state index contributed by atoms with van der Waals surface area (Å²) in [6.45, 7) is 0.843. The summed E-state index contributed by atoms with van der Waals surface area (Å²) < 4.78 is 13.5. The average molecular weight is 253 g/mol. The second kappa shape index (κ2) is 5.32. The van der Waals surface area contributed by atoms with Gasteiger partial charge in [-0.25, -0.2) is 4.39 Å². The van der Waals surface area contributed by atoms with Crippen LogP contribution in [0.15, 0.2) is 18.2 Å². The number of piperidine rings is 1. The third kappa shape index (κ3) is 2.44. The molecule has 2 rings (SSSR count). The van der Waals surface area contributed by atoms with Crippen molar-refractivity contribution in [2.45, 2.75) is 18.9 Å². The average Bonchev–Trinajstić information content (AvgIpc) is 2.37. The van der Waals surface area contributed by atoms with Crippen LogP contribution in [0.1, 0.15) is 23.2 Å². The van der Waals surface area contributed by atoms with Gasteiger partial charge in [0.15, 0.2) is 0 Å². The molecule has 1 unspecified atom stereocenters. The highest BCUT2D eigenvalue weighted by Gasteiger charge is 2.25. The molecule has 5 nitrogen and oxygen atoms in total. The summed E-state index contributed by atoms with van der Waals surface area (Å²) in [5.74, 6) is 4.35. The zero-order valence-corrected chi connectivity index (χ0v) is 9.90. The summed E-state index contributed by atoms with van der Waals surface area (Å²) in [5.41, 5.74) is 2.39. The Kier molecular flexibility index (Phi) is 3.78. The van der Waals surface area contributed by atoms with Gasteiger partial charge in [0.2, 0.25) is 0 Å². The number of nitrogens with two attached hydrogens (primary N) is 1. The molecule has 0 saturated carbocycles. The van der Waals surface area contributed by atoms with Crippen molar-refractivity contribution >= 4 is 11.6 Å². The Labute approximate surface area is 104 Å². The number of nitrogens with zero attached hydrogens (tertiary/aromatic N) is 1. The number of hydrogen-bond acceptors (Lipinski definition) is 4. The Bertz CT molecular complexity index is 453. The van der Waals surface area contributed by atoms with Crippen LogP contribution in [0.4, 0.5) is 10.1 Å². The fourth-order valence-electron chi connectivity index (χ4n) is 2.16. The standard InChI is InChI=1S/C12H16FN3O2/c13-10-5-1-4-9(11(10)15-14)12(18)16-6-2-3-8(17)7-16/h1,4-5,8,15,17H,2-3,6-7,14H2. The molecule has 0 spiro atoms. The van der Waals surface area contributed by atoms with Gasteiger partial charge < -0.3 is 15.4 Å². The summed E-state index contributed by atoms with van der Waals surface area (Å²) in [7, 11) is 0. The van der Waals surface area contributed by atoms with Crippen LogP contribution in [-0.4, -0.2) is 35.1 Å². The number of β-amino-alcohol motifs (C(OH)–C–C–N with tert-alkyl or cyclic N) is 1. The van der Waals surface area contributed by atoms with Crippen molar-refractivity contribution in [3.8, 4) is 0 Å². The molecule has 1 aliphatic heterocycles. The fraction of sp³-hybridized carbons (Fsp3) is 0.417. The zero-order chi connectivity index (χ0) is 13.1. The van der Waals surface area contributed by atoms with Crippen molar-refractivity contribution in [3.05, 3.63) is 29.6 Å². The molecule has 1 aliphatic rings. The van der Waals surface area contributed by atoms with E-state index in [0.29, 0.717) is 13.0 Å². The molecule has 0 bridgehead atoms. The van der Waals surface area contributed by atoms with Crippen molar-refractivity contribution in [1.82, 2.24) is 4.90 Å². The normalized spacial score (nSPS) is 19.7. The number of para-hydroxylation sites is 1. The fourth-order valence-corrected chi connectivity index (χ4v) is 2.16. The van der Waals surface area contributed by atoms with Crippen LogP contribution in [0.3, 0.4) is 0 Å². The van der Waals surface area contributed by atoms with E-state index in [1.807, 2.05) is 0 Å². The lowest BCUT2D eigenvalue weighted by atomic mass is 10.1. The highest BCUT2D eigenvalue weighted by Crippen LogP contribution is 2.22. The quantitative estimate of drug-likeness (QED) is 0.536. The molecule has 1 amide bonds. The first kappa shape index (κ1) is 12.8. The highest BCUT2D eigenvalue weighted by atomic mass is 19.1. The largest absolute Gasteiger partial charge is 0.391 e. The molecule has 1 heterocycles. The van der Waals surface area contributed by atoms with Crippen LogP contribution < -0.4 is 11.3 Å². The molecule has 18 heavy (non-hydrogen) atoms. The molecule has 4 N–H and O–H groups in total. The monoisotopic (exact) mass is 253 g/mol. The predicted molar refractivity (Wildman–Crippen MR) is 65.4 cm³/mol. The van der Waals surface area contributed by atoms with Crippen LogP contribution >= 0.6 is 0 Å². The van der Waals surface area contributed by atoms with Gasteiger partial charge in [-0.15, -0.1) is 0 Å².